The zero-order valence-electron chi connectivity index (χ0n) is 15.0. The molecule has 138 valence electrons. The molecule has 7 heteroatoms. The van der Waals surface area contributed by atoms with Crippen molar-refractivity contribution in [1.29, 1.82) is 0 Å². The maximum absolute atomic E-state index is 13.7. The smallest absolute Gasteiger partial charge is 0.253 e. The molecule has 1 N–H and O–H groups in total. The van der Waals surface area contributed by atoms with Gasteiger partial charge in [0.05, 0.1) is 18.3 Å². The van der Waals surface area contributed by atoms with Crippen molar-refractivity contribution in [3.05, 3.63) is 53.7 Å². The Bertz CT molecular complexity index is 786. The average Bonchev–Trinajstić information content (AvgIpc) is 2.63. The lowest BCUT2D eigenvalue weighted by Crippen LogP contribution is -2.54. The van der Waals surface area contributed by atoms with Crippen LogP contribution in [0.3, 0.4) is 0 Å². The maximum atomic E-state index is 13.7. The van der Waals surface area contributed by atoms with Gasteiger partial charge in [-0.2, -0.15) is 0 Å². The lowest BCUT2D eigenvalue weighted by atomic mass is 9.92. The van der Waals surface area contributed by atoms with E-state index in [-0.39, 0.29) is 18.0 Å². The second-order valence-electron chi connectivity index (χ2n) is 6.94. The molecule has 1 aromatic heterocycles. The van der Waals surface area contributed by atoms with Crippen LogP contribution in [0.1, 0.15) is 28.8 Å². The quantitative estimate of drug-likeness (QED) is 0.906. The van der Waals surface area contributed by atoms with Gasteiger partial charge in [-0.3, -0.25) is 9.78 Å². The van der Waals surface area contributed by atoms with Crippen molar-refractivity contribution in [2.45, 2.75) is 25.4 Å². The van der Waals surface area contributed by atoms with Crippen LogP contribution in [-0.4, -0.2) is 58.2 Å². The molecule has 2 heterocycles. The number of halogens is 1. The van der Waals surface area contributed by atoms with Crippen molar-refractivity contribution >= 4 is 11.7 Å². The second-order valence-corrected chi connectivity index (χ2v) is 6.94. The minimum Gasteiger partial charge on any atom is -0.386 e. The van der Waals surface area contributed by atoms with E-state index in [1.165, 1.54) is 11.0 Å². The van der Waals surface area contributed by atoms with Gasteiger partial charge in [0, 0.05) is 38.1 Å². The molecule has 1 atom stereocenters. The number of hydrogen-bond acceptors (Lipinski definition) is 5. The summed E-state index contributed by atoms with van der Waals surface area (Å²) in [5, 5.41) is 11.0. The Labute approximate surface area is 152 Å². The summed E-state index contributed by atoms with van der Waals surface area (Å²) in [6, 6.07) is 4.43. The molecule has 0 saturated carbocycles. The lowest BCUT2D eigenvalue weighted by Gasteiger charge is -2.41. The highest BCUT2D eigenvalue weighted by Gasteiger charge is 2.36. The number of hydrogen-bond donors (Lipinski definition) is 1. The van der Waals surface area contributed by atoms with Gasteiger partial charge in [0.15, 0.2) is 0 Å². The molecule has 26 heavy (non-hydrogen) atoms. The van der Waals surface area contributed by atoms with Gasteiger partial charge < -0.3 is 14.9 Å². The second kappa shape index (κ2) is 7.37. The summed E-state index contributed by atoms with van der Waals surface area (Å²) >= 11 is 0. The molecule has 1 fully saturated rings. The molecular weight excluding hydrogens is 335 g/mol. The number of aryl methyl sites for hydroxylation is 1. The molecule has 0 aliphatic carbocycles. The summed E-state index contributed by atoms with van der Waals surface area (Å²) in [5.74, 6) is -0.0105. The van der Waals surface area contributed by atoms with Crippen molar-refractivity contribution in [2.24, 2.45) is 0 Å². The Morgan fingerprint density at radius 3 is 2.92 bits per heavy atom. The number of carbonyl (C=O) groups excluding carboxylic acids is 1. The molecule has 1 aliphatic heterocycles. The van der Waals surface area contributed by atoms with E-state index in [1.807, 2.05) is 4.90 Å². The first-order chi connectivity index (χ1) is 12.4. The van der Waals surface area contributed by atoms with Crippen LogP contribution in [0, 0.1) is 12.7 Å². The highest BCUT2D eigenvalue weighted by atomic mass is 19.1. The SMILES string of the molecule is Cc1ccc(C(=O)N(C)C[C@@]2(O)CCCN(c3cnccn3)C2)cc1F. The minimum atomic E-state index is -1.05. The third-order valence-corrected chi connectivity index (χ3v) is 4.73. The van der Waals surface area contributed by atoms with E-state index >= 15 is 0 Å². The van der Waals surface area contributed by atoms with Gasteiger partial charge in [0.25, 0.3) is 5.91 Å². The molecule has 0 unspecified atom stereocenters. The molecule has 6 nitrogen and oxygen atoms in total. The fourth-order valence-corrected chi connectivity index (χ4v) is 3.35. The van der Waals surface area contributed by atoms with Crippen LogP contribution in [0.2, 0.25) is 0 Å². The number of benzene rings is 1. The highest BCUT2D eigenvalue weighted by molar-refractivity contribution is 5.94. The number of amides is 1. The Morgan fingerprint density at radius 2 is 2.23 bits per heavy atom. The molecule has 0 spiro atoms. The number of aromatic nitrogens is 2. The predicted molar refractivity (Wildman–Crippen MR) is 96.5 cm³/mol. The van der Waals surface area contributed by atoms with Gasteiger partial charge in [-0.15, -0.1) is 0 Å². The first-order valence-electron chi connectivity index (χ1n) is 8.63. The average molecular weight is 358 g/mol. The molecule has 0 bridgehead atoms. The third kappa shape index (κ3) is 3.99. The lowest BCUT2D eigenvalue weighted by molar-refractivity contribution is -0.000153. The van der Waals surface area contributed by atoms with Crippen molar-refractivity contribution in [3.63, 3.8) is 0 Å². The number of aliphatic hydroxyl groups is 1. The Hall–Kier alpha value is -2.54. The first kappa shape index (κ1) is 18.3. The molecule has 2 aromatic rings. The van der Waals surface area contributed by atoms with Crippen LogP contribution in [0.4, 0.5) is 10.2 Å². The number of anilines is 1. The van der Waals surface area contributed by atoms with Gasteiger partial charge in [0.2, 0.25) is 0 Å². The van der Waals surface area contributed by atoms with E-state index in [4.69, 9.17) is 0 Å². The van der Waals surface area contributed by atoms with E-state index in [9.17, 15) is 14.3 Å². The summed E-state index contributed by atoms with van der Waals surface area (Å²) in [6.45, 7) is 2.96. The molecular formula is C19H23FN4O2. The predicted octanol–water partition coefficient (Wildman–Crippen LogP) is 2.03. The van der Waals surface area contributed by atoms with E-state index in [2.05, 4.69) is 9.97 Å². The van der Waals surface area contributed by atoms with Crippen LogP contribution in [0.5, 0.6) is 0 Å². The molecule has 3 rings (SSSR count). The van der Waals surface area contributed by atoms with Crippen LogP contribution in [0.15, 0.2) is 36.8 Å². The summed E-state index contributed by atoms with van der Waals surface area (Å²) in [4.78, 5) is 24.4. The van der Waals surface area contributed by atoms with E-state index in [0.29, 0.717) is 24.3 Å². The van der Waals surface area contributed by atoms with Gasteiger partial charge in [-0.1, -0.05) is 6.07 Å². The Balaban J connectivity index is 1.70. The minimum absolute atomic E-state index is 0.165. The number of rotatable bonds is 4. The van der Waals surface area contributed by atoms with E-state index < -0.39 is 11.4 Å². The Morgan fingerprint density at radius 1 is 1.42 bits per heavy atom. The van der Waals surface area contributed by atoms with Crippen LogP contribution >= 0.6 is 0 Å². The summed E-state index contributed by atoms with van der Waals surface area (Å²) in [7, 11) is 1.62. The molecule has 0 radical (unpaired) electrons. The third-order valence-electron chi connectivity index (χ3n) is 4.73. The monoisotopic (exact) mass is 358 g/mol. The van der Waals surface area contributed by atoms with Gasteiger partial charge in [0.1, 0.15) is 11.6 Å². The number of carbonyl (C=O) groups is 1. The topological polar surface area (TPSA) is 69.6 Å². The van der Waals surface area contributed by atoms with Gasteiger partial charge >= 0.3 is 0 Å². The normalized spacial score (nSPS) is 20.1. The fraction of sp³-hybridized carbons (Fsp3) is 0.421. The van der Waals surface area contributed by atoms with Crippen molar-refractivity contribution in [2.75, 3.05) is 31.6 Å². The standard InChI is InChI=1S/C19H23FN4O2/c1-14-4-5-15(10-16(14)20)18(25)23(2)12-19(26)6-3-9-24(13-19)17-11-21-7-8-22-17/h4-5,7-8,10-11,26H,3,6,9,12-13H2,1-2H3/t19-/m0/s1. The molecule has 1 saturated heterocycles. The van der Waals surface area contributed by atoms with Gasteiger partial charge in [-0.25, -0.2) is 9.37 Å². The number of likely N-dealkylation sites (N-methyl/N-ethyl adjacent to an activating group) is 1. The van der Waals surface area contributed by atoms with E-state index in [1.54, 1.807) is 44.7 Å². The summed E-state index contributed by atoms with van der Waals surface area (Å²) < 4.78 is 13.7. The zero-order chi connectivity index (χ0) is 18.7. The molecule has 1 amide bonds. The number of nitrogens with zero attached hydrogens (tertiary/aromatic N) is 4. The number of piperidine rings is 1. The Kier molecular flexibility index (Phi) is 5.18. The van der Waals surface area contributed by atoms with Crippen molar-refractivity contribution in [1.82, 2.24) is 14.9 Å². The maximum Gasteiger partial charge on any atom is 0.253 e. The molecule has 1 aromatic carbocycles. The fourth-order valence-electron chi connectivity index (χ4n) is 3.35. The van der Waals surface area contributed by atoms with E-state index in [0.717, 1.165) is 13.0 Å². The highest BCUT2D eigenvalue weighted by Crippen LogP contribution is 2.25. The first-order valence-corrected chi connectivity index (χ1v) is 8.63. The summed E-state index contributed by atoms with van der Waals surface area (Å²) in [5.41, 5.74) is -0.279. The molecule has 1 aliphatic rings. The van der Waals surface area contributed by atoms with Crippen LogP contribution < -0.4 is 4.90 Å². The van der Waals surface area contributed by atoms with Crippen LogP contribution in [0.25, 0.3) is 0 Å². The number of β-amino-alcohol motifs (C(OH)–C–C–N with tert-alkyl or cyclic N) is 1. The zero-order valence-corrected chi connectivity index (χ0v) is 15.0. The largest absolute Gasteiger partial charge is 0.386 e. The van der Waals surface area contributed by atoms with Crippen molar-refractivity contribution in [3.8, 4) is 0 Å². The van der Waals surface area contributed by atoms with Crippen molar-refractivity contribution < 1.29 is 14.3 Å². The van der Waals surface area contributed by atoms with Gasteiger partial charge in [-0.05, 0) is 37.5 Å². The summed E-state index contributed by atoms with van der Waals surface area (Å²) in [6.07, 6.45) is 6.25. The van der Waals surface area contributed by atoms with Crippen LogP contribution in [-0.2, 0) is 0 Å².